The van der Waals surface area contributed by atoms with Crippen LogP contribution in [0.4, 0.5) is 5.69 Å². The van der Waals surface area contributed by atoms with Crippen LogP contribution in [0.1, 0.15) is 5.56 Å². The highest BCUT2D eigenvalue weighted by Gasteiger charge is 2.18. The topological polar surface area (TPSA) is 6.48 Å². The first kappa shape index (κ1) is 14.7. The van der Waals surface area contributed by atoms with E-state index in [1.807, 2.05) is 30.3 Å². The van der Waals surface area contributed by atoms with Crippen molar-refractivity contribution in [2.24, 2.45) is 0 Å². The number of halogens is 2. The van der Waals surface area contributed by atoms with Gasteiger partial charge in [0.05, 0.1) is 10.7 Å². The molecule has 21 heavy (non-hydrogen) atoms. The fourth-order valence-electron chi connectivity index (χ4n) is 2.70. The van der Waals surface area contributed by atoms with E-state index in [-0.39, 0.29) is 0 Å². The zero-order chi connectivity index (χ0) is 14.7. The maximum atomic E-state index is 6.27. The number of anilines is 1. The number of rotatable bonds is 3. The molecule has 0 aromatic heterocycles. The molecule has 110 valence electrons. The van der Waals surface area contributed by atoms with E-state index in [0.717, 1.165) is 48.5 Å². The molecular formula is C17H18Cl2N2. The van der Waals surface area contributed by atoms with E-state index in [0.29, 0.717) is 0 Å². The van der Waals surface area contributed by atoms with E-state index in [4.69, 9.17) is 23.2 Å². The molecule has 3 rings (SSSR count). The van der Waals surface area contributed by atoms with Crippen LogP contribution in [-0.2, 0) is 6.54 Å². The van der Waals surface area contributed by atoms with Crippen LogP contribution in [0.2, 0.25) is 10.0 Å². The molecule has 1 aliphatic heterocycles. The third-order valence-corrected chi connectivity index (χ3v) is 4.46. The molecule has 4 heteroatoms. The van der Waals surface area contributed by atoms with E-state index in [1.165, 1.54) is 5.56 Å². The fourth-order valence-corrected chi connectivity index (χ4v) is 3.08. The molecule has 2 nitrogen and oxygen atoms in total. The van der Waals surface area contributed by atoms with Crippen molar-refractivity contribution in [3.8, 4) is 0 Å². The fraction of sp³-hybridized carbons (Fsp3) is 0.294. The molecule has 0 spiro atoms. The van der Waals surface area contributed by atoms with Gasteiger partial charge in [0.1, 0.15) is 0 Å². The second-order valence-electron chi connectivity index (χ2n) is 5.34. The Hall–Kier alpha value is -1.22. The van der Waals surface area contributed by atoms with Crippen molar-refractivity contribution in [3.05, 3.63) is 64.1 Å². The Balaban J connectivity index is 1.58. The maximum Gasteiger partial charge on any atom is 0.0639 e. The monoisotopic (exact) mass is 320 g/mol. The molecule has 2 aromatic carbocycles. The third kappa shape index (κ3) is 3.70. The minimum absolute atomic E-state index is 0.794. The lowest BCUT2D eigenvalue weighted by Gasteiger charge is -2.36. The van der Waals surface area contributed by atoms with Gasteiger partial charge in [0, 0.05) is 37.7 Å². The molecule has 1 heterocycles. The molecule has 0 bridgehead atoms. The van der Waals surface area contributed by atoms with Gasteiger partial charge in [-0.3, -0.25) is 4.90 Å². The number of benzene rings is 2. The molecule has 0 N–H and O–H groups in total. The summed E-state index contributed by atoms with van der Waals surface area (Å²) in [5.41, 5.74) is 2.45. The van der Waals surface area contributed by atoms with Crippen LogP contribution in [0.15, 0.2) is 48.5 Å². The lowest BCUT2D eigenvalue weighted by Crippen LogP contribution is -2.46. The first-order chi connectivity index (χ1) is 10.2. The van der Waals surface area contributed by atoms with E-state index in [2.05, 4.69) is 28.0 Å². The molecule has 0 amide bonds. The van der Waals surface area contributed by atoms with Crippen molar-refractivity contribution < 1.29 is 0 Å². The first-order valence-electron chi connectivity index (χ1n) is 7.18. The molecule has 0 saturated carbocycles. The van der Waals surface area contributed by atoms with Crippen molar-refractivity contribution in [2.45, 2.75) is 6.54 Å². The summed E-state index contributed by atoms with van der Waals surface area (Å²) >= 11 is 12.2. The molecule has 1 fully saturated rings. The Kier molecular flexibility index (Phi) is 4.69. The minimum atomic E-state index is 0.794. The predicted molar refractivity (Wildman–Crippen MR) is 90.4 cm³/mol. The lowest BCUT2D eigenvalue weighted by atomic mass is 10.2. The summed E-state index contributed by atoms with van der Waals surface area (Å²) in [4.78, 5) is 4.83. The molecular weight excluding hydrogens is 303 g/mol. The van der Waals surface area contributed by atoms with Crippen LogP contribution < -0.4 is 4.90 Å². The second kappa shape index (κ2) is 6.69. The summed E-state index contributed by atoms with van der Waals surface area (Å²) in [6, 6.07) is 16.2. The first-order valence-corrected chi connectivity index (χ1v) is 7.94. The van der Waals surface area contributed by atoms with Gasteiger partial charge in [-0.2, -0.15) is 0 Å². The second-order valence-corrected chi connectivity index (χ2v) is 6.18. The minimum Gasteiger partial charge on any atom is -0.368 e. The van der Waals surface area contributed by atoms with Crippen molar-refractivity contribution >= 4 is 28.9 Å². The Morgan fingerprint density at radius 1 is 0.810 bits per heavy atom. The van der Waals surface area contributed by atoms with Crippen LogP contribution >= 0.6 is 23.2 Å². The molecule has 0 unspecified atom stereocenters. The molecule has 2 aromatic rings. The Bertz CT molecular complexity index is 590. The number of nitrogens with zero attached hydrogens (tertiary/aromatic N) is 2. The molecule has 1 aliphatic rings. The number of hydrogen-bond donors (Lipinski definition) is 0. The Morgan fingerprint density at radius 3 is 2.14 bits per heavy atom. The number of para-hydroxylation sites is 1. The van der Waals surface area contributed by atoms with Crippen molar-refractivity contribution in [1.29, 1.82) is 0 Å². The van der Waals surface area contributed by atoms with Gasteiger partial charge in [-0.15, -0.1) is 0 Å². The molecule has 1 saturated heterocycles. The summed E-state index contributed by atoms with van der Waals surface area (Å²) < 4.78 is 0. The molecule has 0 aliphatic carbocycles. The summed E-state index contributed by atoms with van der Waals surface area (Å²) in [6.07, 6.45) is 0. The van der Waals surface area contributed by atoms with E-state index in [9.17, 15) is 0 Å². The van der Waals surface area contributed by atoms with Crippen LogP contribution in [0.5, 0.6) is 0 Å². The summed E-state index contributed by atoms with van der Waals surface area (Å²) in [5.74, 6) is 0. The van der Waals surface area contributed by atoms with Gasteiger partial charge in [0.2, 0.25) is 0 Å². The van der Waals surface area contributed by atoms with E-state index in [1.54, 1.807) is 0 Å². The Morgan fingerprint density at radius 2 is 1.48 bits per heavy atom. The summed E-state index contributed by atoms with van der Waals surface area (Å²) in [5, 5.41) is 1.63. The average Bonchev–Trinajstić information content (AvgIpc) is 2.51. The highest BCUT2D eigenvalue weighted by Crippen LogP contribution is 2.26. The van der Waals surface area contributed by atoms with Crippen LogP contribution in [-0.4, -0.2) is 31.1 Å². The quantitative estimate of drug-likeness (QED) is 0.831. The average molecular weight is 321 g/mol. The summed E-state index contributed by atoms with van der Waals surface area (Å²) in [7, 11) is 0. The number of hydrogen-bond acceptors (Lipinski definition) is 2. The van der Waals surface area contributed by atoms with E-state index < -0.39 is 0 Å². The zero-order valence-corrected chi connectivity index (χ0v) is 13.3. The Labute approximate surface area is 135 Å². The largest absolute Gasteiger partial charge is 0.368 e. The van der Waals surface area contributed by atoms with E-state index >= 15 is 0 Å². The SMILES string of the molecule is Clc1ccc(CN2CCN(c3ccccc3Cl)CC2)cc1. The molecule has 0 radical (unpaired) electrons. The van der Waals surface area contributed by atoms with Gasteiger partial charge >= 0.3 is 0 Å². The maximum absolute atomic E-state index is 6.27. The normalized spacial score (nSPS) is 16.2. The van der Waals surface area contributed by atoms with Gasteiger partial charge in [-0.05, 0) is 29.8 Å². The van der Waals surface area contributed by atoms with Crippen LogP contribution in [0, 0.1) is 0 Å². The van der Waals surface area contributed by atoms with Crippen LogP contribution in [0.3, 0.4) is 0 Å². The van der Waals surface area contributed by atoms with Crippen molar-refractivity contribution in [3.63, 3.8) is 0 Å². The predicted octanol–water partition coefficient (Wildman–Crippen LogP) is 4.32. The van der Waals surface area contributed by atoms with Gasteiger partial charge < -0.3 is 4.90 Å². The molecule has 0 atom stereocenters. The van der Waals surface area contributed by atoms with Crippen molar-refractivity contribution in [1.82, 2.24) is 4.90 Å². The third-order valence-electron chi connectivity index (χ3n) is 3.88. The van der Waals surface area contributed by atoms with Gasteiger partial charge in [-0.25, -0.2) is 0 Å². The highest BCUT2D eigenvalue weighted by atomic mass is 35.5. The number of piperazine rings is 1. The van der Waals surface area contributed by atoms with Gasteiger partial charge in [0.25, 0.3) is 0 Å². The zero-order valence-electron chi connectivity index (χ0n) is 11.8. The van der Waals surface area contributed by atoms with Crippen LogP contribution in [0.25, 0.3) is 0 Å². The van der Waals surface area contributed by atoms with Gasteiger partial charge in [0.15, 0.2) is 0 Å². The smallest absolute Gasteiger partial charge is 0.0639 e. The van der Waals surface area contributed by atoms with Crippen molar-refractivity contribution in [2.75, 3.05) is 31.1 Å². The summed E-state index contributed by atoms with van der Waals surface area (Å²) in [6.45, 7) is 5.10. The lowest BCUT2D eigenvalue weighted by molar-refractivity contribution is 0.250. The van der Waals surface area contributed by atoms with Gasteiger partial charge in [-0.1, -0.05) is 47.5 Å². The highest BCUT2D eigenvalue weighted by molar-refractivity contribution is 6.33. The standard InChI is InChI=1S/C17H18Cl2N2/c18-15-7-5-14(6-8-15)13-20-9-11-21(12-10-20)17-4-2-1-3-16(17)19/h1-8H,9-13H2.